The Morgan fingerprint density at radius 2 is 1.64 bits per heavy atom. The molecule has 5 rings (SSSR count). The second-order valence-electron chi connectivity index (χ2n) is 10.4. The Morgan fingerprint density at radius 3 is 2.18 bits per heavy atom. The van der Waals surface area contributed by atoms with Gasteiger partial charge in [-0.05, 0) is 25.7 Å². The van der Waals surface area contributed by atoms with Gasteiger partial charge in [-0.15, -0.1) is 0 Å². The largest absolute Gasteiger partial charge is 0.766 e. The van der Waals surface area contributed by atoms with Gasteiger partial charge in [-0.3, -0.25) is 30.7 Å². The normalized spacial score (nSPS) is 28.0. The molecule has 0 aromatic carbocycles. The van der Waals surface area contributed by atoms with Crippen LogP contribution in [0.15, 0.2) is 12.7 Å². The van der Waals surface area contributed by atoms with E-state index in [-0.39, 0.29) is 5.82 Å². The zero-order chi connectivity index (χ0) is 28.2. The van der Waals surface area contributed by atoms with Gasteiger partial charge in [-0.1, -0.05) is 38.5 Å². The number of imidazole rings is 1. The molecule has 0 amide bonds. The maximum atomic E-state index is 10.8. The summed E-state index contributed by atoms with van der Waals surface area (Å²) in [5, 5.41) is 20.1. The van der Waals surface area contributed by atoms with Gasteiger partial charge in [0.25, 0.3) is 0 Å². The number of nitrogens with zero attached hydrogens (tertiary/aromatic N) is 5. The molecule has 0 spiro atoms. The number of hydrogen-bond acceptors (Lipinski definition) is 10. The number of aromatic nitrogens is 4. The molecule has 3 fully saturated rings. The smallest absolute Gasteiger partial charge is 0.341 e. The number of aliphatic hydroxyl groups excluding tert-OH is 2. The van der Waals surface area contributed by atoms with Crippen LogP contribution in [0.5, 0.6) is 0 Å². The summed E-state index contributed by atoms with van der Waals surface area (Å²) in [5.74, 6) is 0.718. The summed E-state index contributed by atoms with van der Waals surface area (Å²) >= 11 is 0. The Kier molecular flexibility index (Phi) is 9.75. The van der Waals surface area contributed by atoms with Crippen molar-refractivity contribution in [1.29, 1.82) is 0 Å². The van der Waals surface area contributed by atoms with Crippen molar-refractivity contribution < 1.29 is 33.5 Å². The Hall–Kier alpha value is -2.39. The van der Waals surface area contributed by atoms with Crippen LogP contribution in [0.4, 0.5) is 5.82 Å². The fourth-order valence-corrected chi connectivity index (χ4v) is 6.12. The van der Waals surface area contributed by atoms with Crippen molar-refractivity contribution in [2.24, 2.45) is 17.0 Å². The van der Waals surface area contributed by atoms with Gasteiger partial charge in [-0.2, -0.15) is 0 Å². The van der Waals surface area contributed by atoms with Gasteiger partial charge in [0.05, 0.1) is 25.0 Å². The molecule has 3 heterocycles. The van der Waals surface area contributed by atoms with Gasteiger partial charge in [0.15, 0.2) is 17.7 Å². The van der Waals surface area contributed by atoms with Crippen LogP contribution in [-0.4, -0.2) is 77.3 Å². The van der Waals surface area contributed by atoms with E-state index < -0.39 is 38.9 Å². The summed E-state index contributed by atoms with van der Waals surface area (Å²) in [6, 6.07) is 1.25. The highest BCUT2D eigenvalue weighted by Crippen LogP contribution is 2.34. The average Bonchev–Trinajstić information content (AvgIpc) is 3.46. The minimum atomic E-state index is -4.47. The molecule has 0 radical (unpaired) electrons. The van der Waals surface area contributed by atoms with Crippen LogP contribution in [-0.2, 0) is 13.8 Å². The maximum absolute atomic E-state index is 10.8. The number of aliphatic hydroxyl groups is 2. The van der Waals surface area contributed by atoms with E-state index in [1.807, 2.05) is 0 Å². The quantitative estimate of drug-likeness (QED) is 0.110. The molecule has 2 aromatic heterocycles. The van der Waals surface area contributed by atoms with Gasteiger partial charge in [0.1, 0.15) is 30.2 Å². The van der Waals surface area contributed by atoms with Crippen LogP contribution in [0.3, 0.4) is 0 Å². The fourth-order valence-electron chi connectivity index (χ4n) is 5.77. The first kappa shape index (κ1) is 29.6. The van der Waals surface area contributed by atoms with E-state index in [2.05, 4.69) is 24.1 Å². The van der Waals surface area contributed by atoms with Crippen LogP contribution < -0.4 is 27.6 Å². The van der Waals surface area contributed by atoms with Crippen molar-refractivity contribution in [2.75, 3.05) is 12.3 Å². The molecule has 218 valence electrons. The zero-order valence-electron chi connectivity index (χ0n) is 21.9. The van der Waals surface area contributed by atoms with E-state index in [1.54, 1.807) is 0 Å². The van der Waals surface area contributed by atoms with E-state index in [1.165, 1.54) is 81.4 Å². The molecule has 10 N–H and O–H groups in total. The SMILES string of the molecule is NC(N)=[N+](C1CCCCC1)C1CCCCC1.Nc1ncnc2c1ncn2[C@@H]1O[C@H](COP(N)(=O)[O-])[C@@H](O)[C@H]1O. The zero-order valence-corrected chi connectivity index (χ0v) is 22.8. The molecule has 1 saturated heterocycles. The summed E-state index contributed by atoms with van der Waals surface area (Å²) in [6.45, 7) is -0.532. The number of anilines is 1. The molecule has 2 aliphatic carbocycles. The van der Waals surface area contributed by atoms with Crippen LogP contribution in [0.2, 0.25) is 0 Å². The third-order valence-electron chi connectivity index (χ3n) is 7.65. The molecular weight excluding hydrogens is 529 g/mol. The summed E-state index contributed by atoms with van der Waals surface area (Å²) < 4.78 is 24.4. The van der Waals surface area contributed by atoms with Crippen molar-refractivity contribution in [3.8, 4) is 0 Å². The first-order valence-corrected chi connectivity index (χ1v) is 15.0. The average molecular weight is 570 g/mol. The predicted octanol–water partition coefficient (Wildman–Crippen LogP) is -0.591. The molecule has 15 nitrogen and oxygen atoms in total. The number of nitrogens with two attached hydrogens (primary N) is 4. The van der Waals surface area contributed by atoms with Crippen LogP contribution in [0.25, 0.3) is 11.2 Å². The Bertz CT molecular complexity index is 1150. The van der Waals surface area contributed by atoms with Crippen molar-refractivity contribution in [3.05, 3.63) is 12.7 Å². The monoisotopic (exact) mass is 569 g/mol. The number of fused-ring (bicyclic) bond motifs is 1. The lowest BCUT2D eigenvalue weighted by atomic mass is 9.90. The highest BCUT2D eigenvalue weighted by atomic mass is 31.2. The summed E-state index contributed by atoms with van der Waals surface area (Å²) in [7, 11) is -4.47. The molecule has 3 aliphatic rings. The van der Waals surface area contributed by atoms with Gasteiger partial charge in [-0.25, -0.2) is 15.0 Å². The molecule has 5 atom stereocenters. The standard InChI is InChI=1S/C13H25N3.C10H15N6O6P/c14-13(15)16(11-7-3-1-4-8-11)12-9-5-2-6-10-12;11-8-5-9(14-2-13-8)16(3-15-5)10-7(18)6(17)4(22-10)1-21-23(12,19)20/h11-12H,1-10H2,(H3,14,15);2-4,6-7,10,17-18H,1H2,(H2,11,13,14)(H3,12,19,20)/t;4-,6-,7-,10-/m.1/s1. The van der Waals surface area contributed by atoms with Gasteiger partial charge in [0.2, 0.25) is 7.75 Å². The van der Waals surface area contributed by atoms with E-state index >= 15 is 0 Å². The van der Waals surface area contributed by atoms with Crippen molar-refractivity contribution in [2.45, 2.75) is 101 Å². The number of guanidine groups is 1. The highest BCUT2D eigenvalue weighted by molar-refractivity contribution is 7.48. The number of ether oxygens (including phenoxy) is 1. The van der Waals surface area contributed by atoms with E-state index in [9.17, 15) is 19.7 Å². The lowest BCUT2D eigenvalue weighted by Crippen LogP contribution is -2.47. The lowest BCUT2D eigenvalue weighted by molar-refractivity contribution is -0.609. The Morgan fingerprint density at radius 1 is 1.05 bits per heavy atom. The molecule has 1 unspecified atom stereocenters. The minimum absolute atomic E-state index is 0.150. The first-order chi connectivity index (χ1) is 18.6. The molecular formula is C23H40N9O6P. The second-order valence-corrected chi connectivity index (χ2v) is 11.7. The van der Waals surface area contributed by atoms with Crippen LogP contribution in [0, 0.1) is 0 Å². The molecule has 0 bridgehead atoms. The Balaban J connectivity index is 0.000000193. The van der Waals surface area contributed by atoms with Gasteiger partial charge >= 0.3 is 5.96 Å². The third-order valence-corrected chi connectivity index (χ3v) is 8.16. The predicted molar refractivity (Wildman–Crippen MR) is 141 cm³/mol. The maximum Gasteiger partial charge on any atom is 0.341 e. The number of hydrogen-bond donors (Lipinski definition) is 6. The van der Waals surface area contributed by atoms with E-state index in [4.69, 9.17) is 27.4 Å². The molecule has 2 aromatic rings. The number of rotatable bonds is 6. The van der Waals surface area contributed by atoms with Crippen LogP contribution in [0.1, 0.15) is 70.4 Å². The number of nitrogen functional groups attached to an aromatic ring is 1. The van der Waals surface area contributed by atoms with Gasteiger partial charge in [0, 0.05) is 0 Å². The Labute approximate surface area is 226 Å². The summed E-state index contributed by atoms with van der Waals surface area (Å²) in [6.07, 6.45) is 11.0. The van der Waals surface area contributed by atoms with Crippen molar-refractivity contribution >= 4 is 30.7 Å². The molecule has 2 saturated carbocycles. The molecule has 39 heavy (non-hydrogen) atoms. The van der Waals surface area contributed by atoms with E-state index in [0.29, 0.717) is 29.2 Å². The molecule has 1 aliphatic heterocycles. The summed E-state index contributed by atoms with van der Waals surface area (Å²) in [4.78, 5) is 22.7. The van der Waals surface area contributed by atoms with Gasteiger partial charge < -0.3 is 30.1 Å². The lowest BCUT2D eigenvalue weighted by Gasteiger charge is -2.32. The fraction of sp³-hybridized carbons (Fsp3) is 0.739. The van der Waals surface area contributed by atoms with Crippen molar-refractivity contribution in [1.82, 2.24) is 19.5 Å². The minimum Gasteiger partial charge on any atom is -0.766 e. The van der Waals surface area contributed by atoms with Crippen LogP contribution >= 0.6 is 7.75 Å². The highest BCUT2D eigenvalue weighted by Gasteiger charge is 2.44. The van der Waals surface area contributed by atoms with E-state index in [0.717, 1.165) is 0 Å². The second kappa shape index (κ2) is 12.9. The third kappa shape index (κ3) is 7.23. The molecule has 16 heteroatoms. The topological polar surface area (TPSA) is 250 Å². The summed E-state index contributed by atoms with van der Waals surface area (Å²) in [5.41, 5.74) is 22.9. The first-order valence-electron chi connectivity index (χ1n) is 13.4. The van der Waals surface area contributed by atoms with Crippen molar-refractivity contribution in [3.63, 3.8) is 0 Å².